The largest absolute Gasteiger partial charge is 0.418 e. The second kappa shape index (κ2) is 11.4. The maximum Gasteiger partial charge on any atom is 0.247 e. The van der Waals surface area contributed by atoms with Crippen LogP contribution in [-0.4, -0.2) is 46.9 Å². The highest BCUT2D eigenvalue weighted by Gasteiger charge is 2.29. The van der Waals surface area contributed by atoms with Gasteiger partial charge in [0.25, 0.3) is 0 Å². The predicted octanol–water partition coefficient (Wildman–Crippen LogP) is 4.93. The molecule has 2 atom stereocenters. The van der Waals surface area contributed by atoms with Crippen LogP contribution < -0.4 is 5.32 Å². The Labute approximate surface area is 200 Å². The van der Waals surface area contributed by atoms with Gasteiger partial charge in [0.15, 0.2) is 0 Å². The minimum absolute atomic E-state index is 0.0162. The van der Waals surface area contributed by atoms with Crippen molar-refractivity contribution in [3.05, 3.63) is 48.4 Å². The third-order valence-electron chi connectivity index (χ3n) is 6.66. The number of nitrogens with zero attached hydrogens (tertiary/aromatic N) is 3. The molecular formula is C27H34N4O3. The van der Waals surface area contributed by atoms with Gasteiger partial charge in [-0.05, 0) is 55.8 Å². The summed E-state index contributed by atoms with van der Waals surface area (Å²) in [6.45, 7) is 3.60. The van der Waals surface area contributed by atoms with Crippen LogP contribution in [0.15, 0.2) is 46.9 Å². The number of ketones is 1. The molecule has 4 rings (SSSR count). The van der Waals surface area contributed by atoms with Crippen molar-refractivity contribution >= 4 is 22.5 Å². The number of carbonyl (C=O) groups excluding carboxylic acids is 2. The molecule has 1 fully saturated rings. The van der Waals surface area contributed by atoms with Gasteiger partial charge in [-0.2, -0.15) is 0 Å². The molecule has 0 unspecified atom stereocenters. The smallest absolute Gasteiger partial charge is 0.247 e. The number of nitrogens with one attached hydrogen (secondary N) is 1. The Morgan fingerprint density at radius 2 is 1.94 bits per heavy atom. The lowest BCUT2D eigenvalue weighted by Gasteiger charge is -2.18. The molecule has 0 spiro atoms. The fourth-order valence-electron chi connectivity index (χ4n) is 4.53. The van der Waals surface area contributed by atoms with Gasteiger partial charge in [-0.15, -0.1) is 10.2 Å². The van der Waals surface area contributed by atoms with E-state index in [1.165, 1.54) is 0 Å². The van der Waals surface area contributed by atoms with Crippen molar-refractivity contribution in [2.75, 3.05) is 20.1 Å². The summed E-state index contributed by atoms with van der Waals surface area (Å²) in [5.74, 6) is 1.22. The number of amides is 1. The van der Waals surface area contributed by atoms with Crippen molar-refractivity contribution in [3.63, 3.8) is 0 Å². The van der Waals surface area contributed by atoms with Crippen LogP contribution in [0.5, 0.6) is 0 Å². The van der Waals surface area contributed by atoms with Crippen LogP contribution in [0.3, 0.4) is 0 Å². The van der Waals surface area contributed by atoms with Gasteiger partial charge in [-0.1, -0.05) is 50.1 Å². The van der Waals surface area contributed by atoms with E-state index in [1.54, 1.807) is 0 Å². The van der Waals surface area contributed by atoms with Gasteiger partial charge in [-0.3, -0.25) is 9.59 Å². The van der Waals surface area contributed by atoms with E-state index in [2.05, 4.69) is 32.5 Å². The molecule has 2 aromatic carbocycles. The first-order chi connectivity index (χ1) is 16.5. The fraction of sp³-hybridized carbons (Fsp3) is 0.481. The molecule has 7 heteroatoms. The molecule has 34 heavy (non-hydrogen) atoms. The average molecular weight is 463 g/mol. The van der Waals surface area contributed by atoms with Gasteiger partial charge in [0.2, 0.25) is 17.7 Å². The number of aromatic nitrogens is 2. The number of carbonyl (C=O) groups is 2. The Balaban J connectivity index is 1.46. The highest BCUT2D eigenvalue weighted by Crippen LogP contribution is 2.27. The third kappa shape index (κ3) is 6.08. The van der Waals surface area contributed by atoms with Crippen molar-refractivity contribution < 1.29 is 14.0 Å². The van der Waals surface area contributed by atoms with E-state index < -0.39 is 0 Å². The standard InChI is InChI=1S/C27H34N4O3/c1-3-23(32)11-5-4-6-12-24(28-25(33)22-15-16-31(2)18-22)27-30-29-26(34-27)21-14-13-19-9-7-8-10-20(19)17-21/h7-10,13-14,17,22,24H,3-6,11-12,15-16,18H2,1-2H3,(H,28,33)/t22-,24+/m1/s1. The molecule has 3 aromatic rings. The van der Waals surface area contributed by atoms with Crippen LogP contribution in [0, 0.1) is 5.92 Å². The summed E-state index contributed by atoms with van der Waals surface area (Å²) in [5, 5.41) is 14.0. The van der Waals surface area contributed by atoms with E-state index in [-0.39, 0.29) is 17.9 Å². The minimum Gasteiger partial charge on any atom is -0.418 e. The van der Waals surface area contributed by atoms with Crippen molar-refractivity contribution in [2.45, 2.75) is 57.9 Å². The fourth-order valence-corrected chi connectivity index (χ4v) is 4.53. The Morgan fingerprint density at radius 1 is 1.12 bits per heavy atom. The van der Waals surface area contributed by atoms with Crippen LogP contribution in [0.25, 0.3) is 22.2 Å². The lowest BCUT2D eigenvalue weighted by molar-refractivity contribution is -0.125. The zero-order valence-electron chi connectivity index (χ0n) is 20.1. The Hall–Kier alpha value is -3.06. The topological polar surface area (TPSA) is 88.3 Å². The molecule has 1 saturated heterocycles. The summed E-state index contributed by atoms with van der Waals surface area (Å²) in [4.78, 5) is 26.7. The molecule has 1 aliphatic rings. The van der Waals surface area contributed by atoms with E-state index in [0.717, 1.165) is 55.1 Å². The van der Waals surface area contributed by atoms with Gasteiger partial charge in [-0.25, -0.2) is 0 Å². The van der Waals surface area contributed by atoms with E-state index in [0.29, 0.717) is 36.8 Å². The summed E-state index contributed by atoms with van der Waals surface area (Å²) in [5.41, 5.74) is 0.859. The second-order valence-electron chi connectivity index (χ2n) is 9.31. The number of fused-ring (bicyclic) bond motifs is 1. The maximum atomic E-state index is 12.9. The van der Waals surface area contributed by atoms with E-state index in [4.69, 9.17) is 4.42 Å². The summed E-state index contributed by atoms with van der Waals surface area (Å²) in [6, 6.07) is 13.9. The minimum atomic E-state index is -0.331. The van der Waals surface area contributed by atoms with Gasteiger partial charge in [0.05, 0.1) is 5.92 Å². The van der Waals surface area contributed by atoms with Crippen LogP contribution in [0.1, 0.15) is 63.8 Å². The molecule has 0 aliphatic carbocycles. The highest BCUT2D eigenvalue weighted by molar-refractivity contribution is 5.86. The highest BCUT2D eigenvalue weighted by atomic mass is 16.4. The number of unbranched alkanes of at least 4 members (excludes halogenated alkanes) is 2. The first-order valence-electron chi connectivity index (χ1n) is 12.4. The molecule has 1 N–H and O–H groups in total. The molecule has 1 amide bonds. The van der Waals surface area contributed by atoms with E-state index in [9.17, 15) is 9.59 Å². The SMILES string of the molecule is CCC(=O)CCCCC[C@H](NC(=O)[C@@H]1CCN(C)C1)c1nnc(-c2ccc3ccccc3c2)o1. The first kappa shape index (κ1) is 24.1. The van der Waals surface area contributed by atoms with Crippen molar-refractivity contribution in [1.29, 1.82) is 0 Å². The molecular weight excluding hydrogens is 428 g/mol. The van der Waals surface area contributed by atoms with Gasteiger partial charge in [0, 0.05) is 24.9 Å². The number of hydrogen-bond donors (Lipinski definition) is 1. The molecule has 0 saturated carbocycles. The number of benzene rings is 2. The molecule has 1 aliphatic heterocycles. The third-order valence-corrected chi connectivity index (χ3v) is 6.66. The van der Waals surface area contributed by atoms with E-state index >= 15 is 0 Å². The van der Waals surface area contributed by atoms with Crippen molar-refractivity contribution in [1.82, 2.24) is 20.4 Å². The number of rotatable bonds is 11. The molecule has 1 aromatic heterocycles. The Morgan fingerprint density at radius 3 is 2.71 bits per heavy atom. The van der Waals surface area contributed by atoms with Crippen molar-refractivity contribution in [2.24, 2.45) is 5.92 Å². The molecule has 7 nitrogen and oxygen atoms in total. The summed E-state index contributed by atoms with van der Waals surface area (Å²) >= 11 is 0. The quantitative estimate of drug-likeness (QED) is 0.407. The summed E-state index contributed by atoms with van der Waals surface area (Å²) < 4.78 is 6.08. The van der Waals surface area contributed by atoms with Gasteiger partial charge < -0.3 is 14.6 Å². The van der Waals surface area contributed by atoms with Crippen LogP contribution in [0.2, 0.25) is 0 Å². The maximum absolute atomic E-state index is 12.9. The zero-order chi connectivity index (χ0) is 23.9. The number of hydrogen-bond acceptors (Lipinski definition) is 6. The molecule has 0 radical (unpaired) electrons. The first-order valence-corrected chi connectivity index (χ1v) is 12.4. The lowest BCUT2D eigenvalue weighted by atomic mass is 10.0. The lowest BCUT2D eigenvalue weighted by Crippen LogP contribution is -2.35. The Kier molecular flexibility index (Phi) is 8.06. The van der Waals surface area contributed by atoms with E-state index in [1.807, 2.05) is 44.3 Å². The summed E-state index contributed by atoms with van der Waals surface area (Å²) in [7, 11) is 2.04. The molecule has 0 bridgehead atoms. The van der Waals surface area contributed by atoms with Crippen molar-refractivity contribution in [3.8, 4) is 11.5 Å². The zero-order valence-corrected chi connectivity index (χ0v) is 20.1. The Bertz CT molecular complexity index is 1130. The van der Waals surface area contributed by atoms with Crippen LogP contribution in [0.4, 0.5) is 0 Å². The van der Waals surface area contributed by atoms with Gasteiger partial charge >= 0.3 is 0 Å². The monoisotopic (exact) mass is 462 g/mol. The second-order valence-corrected chi connectivity index (χ2v) is 9.31. The number of Topliss-reactive ketones (excluding diaryl/α,β-unsaturated/α-hetero) is 1. The summed E-state index contributed by atoms with van der Waals surface area (Å²) in [6.07, 6.45) is 5.44. The molecule has 180 valence electrons. The normalized spacial score (nSPS) is 17.2. The molecule has 2 heterocycles. The number of likely N-dealkylation sites (tertiary alicyclic amines) is 1. The average Bonchev–Trinajstić information content (AvgIpc) is 3.52. The van der Waals surface area contributed by atoms with Crippen LogP contribution in [-0.2, 0) is 9.59 Å². The predicted molar refractivity (Wildman–Crippen MR) is 132 cm³/mol. The van der Waals surface area contributed by atoms with Crippen LogP contribution >= 0.6 is 0 Å². The van der Waals surface area contributed by atoms with Gasteiger partial charge in [0.1, 0.15) is 11.8 Å².